The second kappa shape index (κ2) is 8.48. The van der Waals surface area contributed by atoms with E-state index in [9.17, 15) is 0 Å². The Morgan fingerprint density at radius 3 is 2.33 bits per heavy atom. The molecular formula is C19H25NO. The zero-order chi connectivity index (χ0) is 14.9. The number of hydrogen-bond acceptors (Lipinski definition) is 2. The highest BCUT2D eigenvalue weighted by Crippen LogP contribution is 2.15. The van der Waals surface area contributed by atoms with E-state index in [2.05, 4.69) is 60.8 Å². The lowest BCUT2D eigenvalue weighted by atomic mass is 10.1. The number of aryl methyl sites for hydroxylation is 1. The maximum absolute atomic E-state index is 5.25. The van der Waals surface area contributed by atoms with E-state index >= 15 is 0 Å². The van der Waals surface area contributed by atoms with E-state index in [0.29, 0.717) is 6.61 Å². The molecule has 0 radical (unpaired) electrons. The molecule has 1 N–H and O–H groups in total. The summed E-state index contributed by atoms with van der Waals surface area (Å²) in [6, 6.07) is 17.2. The smallest absolute Gasteiger partial charge is 0.0716 e. The Bertz CT molecular complexity index is 534. The van der Waals surface area contributed by atoms with Gasteiger partial charge in [0.2, 0.25) is 0 Å². The molecule has 0 aliphatic rings. The largest absolute Gasteiger partial charge is 0.381 e. The fourth-order valence-corrected chi connectivity index (χ4v) is 2.39. The number of ether oxygens (including phenoxy) is 1. The average molecular weight is 283 g/mol. The number of rotatable bonds is 8. The Morgan fingerprint density at radius 2 is 1.67 bits per heavy atom. The van der Waals surface area contributed by atoms with Crippen LogP contribution < -0.4 is 5.32 Å². The molecule has 0 aromatic heterocycles. The van der Waals surface area contributed by atoms with Crippen molar-refractivity contribution < 1.29 is 4.74 Å². The summed E-state index contributed by atoms with van der Waals surface area (Å²) in [7, 11) is 1.74. The van der Waals surface area contributed by atoms with E-state index in [1.807, 2.05) is 0 Å². The molecule has 112 valence electrons. The van der Waals surface area contributed by atoms with Crippen LogP contribution in [0, 0.1) is 0 Å². The minimum Gasteiger partial charge on any atom is -0.381 e. The molecule has 2 aromatic carbocycles. The van der Waals surface area contributed by atoms with Crippen molar-refractivity contribution in [1.29, 1.82) is 0 Å². The molecule has 0 amide bonds. The molecule has 0 bridgehead atoms. The van der Waals surface area contributed by atoms with Gasteiger partial charge in [-0.05, 0) is 41.7 Å². The second-order valence-corrected chi connectivity index (χ2v) is 5.36. The van der Waals surface area contributed by atoms with Gasteiger partial charge in [-0.25, -0.2) is 0 Å². The topological polar surface area (TPSA) is 21.3 Å². The molecule has 21 heavy (non-hydrogen) atoms. The van der Waals surface area contributed by atoms with Gasteiger partial charge in [0.25, 0.3) is 0 Å². The minimum atomic E-state index is 0.661. The molecule has 2 rings (SSSR count). The highest BCUT2D eigenvalue weighted by atomic mass is 16.5. The van der Waals surface area contributed by atoms with Gasteiger partial charge >= 0.3 is 0 Å². The zero-order valence-electron chi connectivity index (χ0n) is 13.1. The van der Waals surface area contributed by atoms with Gasteiger partial charge in [-0.2, -0.15) is 0 Å². The molecule has 0 spiro atoms. The molecule has 0 heterocycles. The van der Waals surface area contributed by atoms with Crippen molar-refractivity contribution in [2.45, 2.75) is 39.3 Å². The Kier molecular flexibility index (Phi) is 6.29. The van der Waals surface area contributed by atoms with Gasteiger partial charge in [0, 0.05) is 19.3 Å². The van der Waals surface area contributed by atoms with Crippen molar-refractivity contribution in [3.05, 3.63) is 65.2 Å². The molecule has 2 nitrogen and oxygen atoms in total. The maximum atomic E-state index is 5.25. The molecule has 2 heteroatoms. The summed E-state index contributed by atoms with van der Waals surface area (Å²) in [5, 5.41) is 3.49. The summed E-state index contributed by atoms with van der Waals surface area (Å²) < 4.78 is 5.25. The fourth-order valence-electron chi connectivity index (χ4n) is 2.39. The molecule has 0 unspecified atom stereocenters. The number of methoxy groups -OCH3 is 1. The first-order valence-electron chi connectivity index (χ1n) is 7.72. The lowest BCUT2D eigenvalue weighted by Crippen LogP contribution is -2.03. The van der Waals surface area contributed by atoms with Crippen molar-refractivity contribution in [1.82, 2.24) is 0 Å². The van der Waals surface area contributed by atoms with Crippen molar-refractivity contribution in [3.63, 3.8) is 0 Å². The summed E-state index contributed by atoms with van der Waals surface area (Å²) in [5.41, 5.74) is 5.12. The fraction of sp³-hybridized carbons (Fsp3) is 0.368. The van der Waals surface area contributed by atoms with E-state index in [4.69, 9.17) is 4.74 Å². The Labute approximate surface area is 128 Å². The van der Waals surface area contributed by atoms with Gasteiger partial charge in [-0.1, -0.05) is 49.7 Å². The van der Waals surface area contributed by atoms with Crippen LogP contribution >= 0.6 is 0 Å². The predicted molar refractivity (Wildman–Crippen MR) is 89.5 cm³/mol. The number of anilines is 1. The van der Waals surface area contributed by atoms with E-state index in [-0.39, 0.29) is 0 Å². The van der Waals surface area contributed by atoms with E-state index < -0.39 is 0 Å². The van der Waals surface area contributed by atoms with Crippen LogP contribution in [0.1, 0.15) is 36.5 Å². The molecule has 0 aliphatic carbocycles. The third-order valence-electron chi connectivity index (χ3n) is 3.67. The van der Waals surface area contributed by atoms with Gasteiger partial charge in [-0.3, -0.25) is 0 Å². The number of nitrogens with one attached hydrogen (secondary N) is 1. The van der Waals surface area contributed by atoms with Crippen LogP contribution in [0.2, 0.25) is 0 Å². The lowest BCUT2D eigenvalue weighted by Gasteiger charge is -2.11. The van der Waals surface area contributed by atoms with Crippen molar-refractivity contribution in [2.75, 3.05) is 12.4 Å². The maximum Gasteiger partial charge on any atom is 0.0716 e. The Hall–Kier alpha value is -1.80. The Balaban J connectivity index is 1.93. The average Bonchev–Trinajstić information content (AvgIpc) is 2.53. The lowest BCUT2D eigenvalue weighted by molar-refractivity contribution is 0.184. The summed E-state index contributed by atoms with van der Waals surface area (Å²) in [6.07, 6.45) is 3.68. The van der Waals surface area contributed by atoms with E-state index in [1.165, 1.54) is 41.6 Å². The third-order valence-corrected chi connectivity index (χ3v) is 3.67. The van der Waals surface area contributed by atoms with Crippen LogP contribution in [0.25, 0.3) is 0 Å². The molecule has 0 atom stereocenters. The van der Waals surface area contributed by atoms with Crippen LogP contribution in [0.3, 0.4) is 0 Å². The third kappa shape index (κ3) is 4.91. The van der Waals surface area contributed by atoms with Gasteiger partial charge in [0.15, 0.2) is 0 Å². The quantitative estimate of drug-likeness (QED) is 0.752. The monoisotopic (exact) mass is 283 g/mol. The van der Waals surface area contributed by atoms with Gasteiger partial charge in [0.05, 0.1) is 6.61 Å². The normalized spacial score (nSPS) is 10.6. The van der Waals surface area contributed by atoms with Crippen molar-refractivity contribution >= 4 is 5.69 Å². The van der Waals surface area contributed by atoms with Crippen LogP contribution in [-0.2, 0) is 24.3 Å². The first kappa shape index (κ1) is 15.6. The summed E-state index contributed by atoms with van der Waals surface area (Å²) >= 11 is 0. The highest BCUT2D eigenvalue weighted by molar-refractivity contribution is 5.45. The highest BCUT2D eigenvalue weighted by Gasteiger charge is 2.01. The molecule has 0 aliphatic heterocycles. The molecule has 2 aromatic rings. The van der Waals surface area contributed by atoms with Crippen molar-refractivity contribution in [3.8, 4) is 0 Å². The van der Waals surface area contributed by atoms with Gasteiger partial charge in [-0.15, -0.1) is 0 Å². The molecule has 0 fully saturated rings. The SMILES string of the molecule is CCCCc1ccc(NCc2ccccc2COC)cc1. The number of unbranched alkanes of at least 4 members (excludes halogenated alkanes) is 1. The summed E-state index contributed by atoms with van der Waals surface area (Å²) in [5.74, 6) is 0. The predicted octanol–water partition coefficient (Wildman–Crippen LogP) is 4.79. The van der Waals surface area contributed by atoms with E-state index in [1.54, 1.807) is 7.11 Å². The van der Waals surface area contributed by atoms with Crippen LogP contribution in [-0.4, -0.2) is 7.11 Å². The summed E-state index contributed by atoms with van der Waals surface area (Å²) in [4.78, 5) is 0. The van der Waals surface area contributed by atoms with Crippen LogP contribution in [0.5, 0.6) is 0 Å². The van der Waals surface area contributed by atoms with E-state index in [0.717, 1.165) is 6.54 Å². The molecule has 0 saturated heterocycles. The standard InChI is InChI=1S/C19H25NO/c1-3-4-7-16-10-12-19(13-11-16)20-14-17-8-5-6-9-18(17)15-21-2/h5-6,8-13,20H,3-4,7,14-15H2,1-2H3. The zero-order valence-corrected chi connectivity index (χ0v) is 13.1. The Morgan fingerprint density at radius 1 is 0.952 bits per heavy atom. The van der Waals surface area contributed by atoms with Crippen molar-refractivity contribution in [2.24, 2.45) is 0 Å². The van der Waals surface area contributed by atoms with Gasteiger partial charge < -0.3 is 10.1 Å². The second-order valence-electron chi connectivity index (χ2n) is 5.36. The first-order valence-corrected chi connectivity index (χ1v) is 7.72. The molecule has 0 saturated carbocycles. The minimum absolute atomic E-state index is 0.661. The molecular weight excluding hydrogens is 258 g/mol. The first-order chi connectivity index (χ1) is 10.3. The number of hydrogen-bond donors (Lipinski definition) is 1. The number of benzene rings is 2. The van der Waals surface area contributed by atoms with Crippen LogP contribution in [0.15, 0.2) is 48.5 Å². The van der Waals surface area contributed by atoms with Gasteiger partial charge in [0.1, 0.15) is 0 Å². The van der Waals surface area contributed by atoms with Crippen LogP contribution in [0.4, 0.5) is 5.69 Å². The summed E-state index contributed by atoms with van der Waals surface area (Å²) in [6.45, 7) is 3.72.